The predicted octanol–water partition coefficient (Wildman–Crippen LogP) is 9.65. The summed E-state index contributed by atoms with van der Waals surface area (Å²) in [5.74, 6) is -0.334. The smallest absolute Gasteiger partial charge is 0.457 e. The maximum atomic E-state index is 12.4. The molecule has 0 amide bonds. The molecule has 46 heavy (non-hydrogen) atoms. The Morgan fingerprint density at radius 3 is 1.89 bits per heavy atom. The molecule has 268 valence electrons. The van der Waals surface area contributed by atoms with E-state index in [0.717, 1.165) is 70.6 Å². The minimum absolute atomic E-state index is 0.0830. The molecule has 0 aliphatic carbocycles. The quantitative estimate of drug-likeness (QED) is 0.0251. The molecule has 8 nitrogen and oxygen atoms in total. The van der Waals surface area contributed by atoms with E-state index in [4.69, 9.17) is 18.5 Å². The molecule has 0 aliphatic heterocycles. The molecule has 0 rings (SSSR count). The second-order valence-corrected chi connectivity index (χ2v) is 14.3. The van der Waals surface area contributed by atoms with Crippen LogP contribution >= 0.6 is 7.82 Å². The molecule has 0 aromatic carbocycles. The Labute approximate surface area is 282 Å². The molecular weight excluding hydrogens is 601 g/mol. The number of esters is 1. The second-order valence-electron chi connectivity index (χ2n) is 12.9. The van der Waals surface area contributed by atoms with Gasteiger partial charge in [-0.15, -0.1) is 0 Å². The van der Waals surface area contributed by atoms with Gasteiger partial charge in [0, 0.05) is 13.0 Å². The zero-order chi connectivity index (χ0) is 34.2. The number of allylic oxidation sites excluding steroid dienone is 8. The first-order valence-electron chi connectivity index (χ1n) is 17.9. The van der Waals surface area contributed by atoms with Crippen molar-refractivity contribution in [1.29, 1.82) is 0 Å². The third kappa shape index (κ3) is 33.8. The summed E-state index contributed by atoms with van der Waals surface area (Å²) in [5.41, 5.74) is 0. The molecule has 2 atom stereocenters. The van der Waals surface area contributed by atoms with Gasteiger partial charge < -0.3 is 18.9 Å². The highest BCUT2D eigenvalue weighted by Crippen LogP contribution is 2.43. The Balaban J connectivity index is 4.24. The molecule has 0 bridgehead atoms. The van der Waals surface area contributed by atoms with Crippen molar-refractivity contribution in [3.8, 4) is 0 Å². The molecular formula is C37H69NO7P+. The first-order valence-corrected chi connectivity index (χ1v) is 19.4. The Hall–Kier alpha value is -1.54. The van der Waals surface area contributed by atoms with Crippen LogP contribution in [0.2, 0.25) is 0 Å². The predicted molar refractivity (Wildman–Crippen MR) is 192 cm³/mol. The van der Waals surface area contributed by atoms with Crippen LogP contribution in [0.4, 0.5) is 0 Å². The normalized spacial score (nSPS) is 14.7. The second kappa shape index (κ2) is 30.8. The van der Waals surface area contributed by atoms with Crippen molar-refractivity contribution in [2.45, 2.75) is 129 Å². The first kappa shape index (κ1) is 44.5. The van der Waals surface area contributed by atoms with Crippen molar-refractivity contribution >= 4 is 13.8 Å². The average Bonchev–Trinajstić information content (AvgIpc) is 2.99. The van der Waals surface area contributed by atoms with E-state index in [1.54, 1.807) is 0 Å². The van der Waals surface area contributed by atoms with Gasteiger partial charge in [-0.3, -0.25) is 13.8 Å². The van der Waals surface area contributed by atoms with E-state index in [1.165, 1.54) is 32.1 Å². The average molecular weight is 671 g/mol. The number of nitrogens with zero attached hydrogens (tertiary/aromatic N) is 1. The minimum atomic E-state index is -4.26. The molecule has 0 aliphatic rings. The van der Waals surface area contributed by atoms with E-state index in [2.05, 4.69) is 62.5 Å². The lowest BCUT2D eigenvalue weighted by Crippen LogP contribution is -2.37. The molecule has 9 heteroatoms. The summed E-state index contributed by atoms with van der Waals surface area (Å²) >= 11 is 0. The maximum Gasteiger partial charge on any atom is 0.472 e. The fourth-order valence-corrected chi connectivity index (χ4v) is 5.11. The van der Waals surface area contributed by atoms with E-state index < -0.39 is 13.9 Å². The summed E-state index contributed by atoms with van der Waals surface area (Å²) in [6, 6.07) is 0. The van der Waals surface area contributed by atoms with Crippen molar-refractivity contribution in [1.82, 2.24) is 0 Å². The van der Waals surface area contributed by atoms with Gasteiger partial charge in [-0.1, -0.05) is 114 Å². The fourth-order valence-electron chi connectivity index (χ4n) is 4.36. The summed E-state index contributed by atoms with van der Waals surface area (Å²) in [5, 5.41) is 0. The van der Waals surface area contributed by atoms with Gasteiger partial charge >= 0.3 is 13.8 Å². The SMILES string of the molecule is CC/C=C\C/C=C\C/C=C\C/C=C\CCCCCCCOCC(COP(=O)(O)OCC[N+](C)(C)C)OC(=O)CCCCCCCC. The summed E-state index contributed by atoms with van der Waals surface area (Å²) in [6.07, 6.45) is 34.5. The number of likely N-dealkylation sites (N-methyl/N-ethyl adjacent to an activating group) is 1. The number of phosphoric acid groups is 1. The molecule has 0 saturated heterocycles. The van der Waals surface area contributed by atoms with Gasteiger partial charge in [0.25, 0.3) is 0 Å². The first-order chi connectivity index (χ1) is 22.1. The lowest BCUT2D eigenvalue weighted by molar-refractivity contribution is -0.870. The van der Waals surface area contributed by atoms with Gasteiger partial charge in [-0.2, -0.15) is 0 Å². The highest BCUT2D eigenvalue weighted by Gasteiger charge is 2.26. The van der Waals surface area contributed by atoms with Gasteiger partial charge in [-0.25, -0.2) is 4.57 Å². The van der Waals surface area contributed by atoms with Crippen LogP contribution in [-0.4, -0.2) is 75.6 Å². The third-order valence-electron chi connectivity index (χ3n) is 7.15. The molecule has 0 saturated carbocycles. The van der Waals surface area contributed by atoms with Crippen LogP contribution in [0.1, 0.15) is 123 Å². The van der Waals surface area contributed by atoms with Crippen molar-refractivity contribution in [3.05, 3.63) is 48.6 Å². The number of quaternary nitrogens is 1. The lowest BCUT2D eigenvalue weighted by Gasteiger charge is -2.24. The van der Waals surface area contributed by atoms with Crippen LogP contribution in [0, 0.1) is 0 Å². The number of carbonyl (C=O) groups is 1. The molecule has 0 spiro atoms. The van der Waals surface area contributed by atoms with Crippen LogP contribution < -0.4 is 0 Å². The molecule has 1 N–H and O–H groups in total. The van der Waals surface area contributed by atoms with E-state index in [0.29, 0.717) is 24.1 Å². The molecule has 0 radical (unpaired) electrons. The topological polar surface area (TPSA) is 91.3 Å². The van der Waals surface area contributed by atoms with E-state index >= 15 is 0 Å². The lowest BCUT2D eigenvalue weighted by atomic mass is 10.1. The summed E-state index contributed by atoms with van der Waals surface area (Å²) < 4.78 is 34.6. The monoisotopic (exact) mass is 670 g/mol. The van der Waals surface area contributed by atoms with E-state index in [9.17, 15) is 14.3 Å². The van der Waals surface area contributed by atoms with Crippen LogP contribution in [0.15, 0.2) is 48.6 Å². The number of carbonyl (C=O) groups excluding carboxylic acids is 1. The van der Waals surface area contributed by atoms with Gasteiger partial charge in [-0.05, 0) is 51.4 Å². The zero-order valence-corrected chi connectivity index (χ0v) is 30.9. The number of phosphoric ester groups is 1. The Morgan fingerprint density at radius 1 is 0.696 bits per heavy atom. The summed E-state index contributed by atoms with van der Waals surface area (Å²) in [4.78, 5) is 22.5. The summed E-state index contributed by atoms with van der Waals surface area (Å²) in [7, 11) is 1.64. The van der Waals surface area contributed by atoms with Gasteiger partial charge in [0.05, 0.1) is 34.4 Å². The van der Waals surface area contributed by atoms with Crippen molar-refractivity contribution in [3.63, 3.8) is 0 Å². The van der Waals surface area contributed by atoms with E-state index in [1.807, 2.05) is 21.1 Å². The zero-order valence-electron chi connectivity index (χ0n) is 30.0. The van der Waals surface area contributed by atoms with Crippen molar-refractivity contribution in [2.75, 3.05) is 54.1 Å². The number of unbranched alkanes of at least 4 members (excludes halogenated alkanes) is 10. The highest BCUT2D eigenvalue weighted by atomic mass is 31.2. The molecule has 0 fully saturated rings. The number of hydrogen-bond donors (Lipinski definition) is 1. The highest BCUT2D eigenvalue weighted by molar-refractivity contribution is 7.47. The van der Waals surface area contributed by atoms with Gasteiger partial charge in [0.2, 0.25) is 0 Å². The van der Waals surface area contributed by atoms with Crippen LogP contribution in [0.3, 0.4) is 0 Å². The minimum Gasteiger partial charge on any atom is -0.457 e. The van der Waals surface area contributed by atoms with Crippen molar-refractivity contribution in [2.24, 2.45) is 0 Å². The van der Waals surface area contributed by atoms with Gasteiger partial charge in [0.15, 0.2) is 0 Å². The molecule has 0 heterocycles. The Morgan fingerprint density at radius 2 is 1.26 bits per heavy atom. The number of rotatable bonds is 32. The Bertz CT molecular complexity index is 879. The van der Waals surface area contributed by atoms with Gasteiger partial charge in [0.1, 0.15) is 19.3 Å². The van der Waals surface area contributed by atoms with Crippen LogP contribution in [0.25, 0.3) is 0 Å². The molecule has 0 aromatic rings. The Kier molecular flexibility index (Phi) is 29.7. The number of hydrogen-bond acceptors (Lipinski definition) is 6. The molecule has 0 aromatic heterocycles. The number of ether oxygens (including phenoxy) is 2. The fraction of sp³-hybridized carbons (Fsp3) is 0.757. The summed E-state index contributed by atoms with van der Waals surface area (Å²) in [6.45, 7) is 5.37. The largest absolute Gasteiger partial charge is 0.472 e. The standard InChI is InChI=1S/C37H68NO7P/c1-6-8-10-12-14-15-16-17-18-19-20-21-22-23-24-25-27-29-32-42-34-36(45-37(39)30-28-26-13-11-9-7-2)35-44-46(40,41)43-33-31-38(3,4)5/h8,10,14-15,17-18,20-21,36H,6-7,9,11-13,16,19,22-35H2,1-5H3/p+1/b10-8-,15-14-,18-17-,21-20-. The van der Waals surface area contributed by atoms with E-state index in [-0.39, 0.29) is 25.8 Å². The third-order valence-corrected chi connectivity index (χ3v) is 8.14. The van der Waals surface area contributed by atoms with Crippen LogP contribution in [-0.2, 0) is 27.9 Å². The molecule has 2 unspecified atom stereocenters. The maximum absolute atomic E-state index is 12.4. The van der Waals surface area contributed by atoms with Crippen LogP contribution in [0.5, 0.6) is 0 Å². The van der Waals surface area contributed by atoms with Crippen molar-refractivity contribution < 1.29 is 37.3 Å².